The Morgan fingerprint density at radius 1 is 1.36 bits per heavy atom. The van der Waals surface area contributed by atoms with Gasteiger partial charge in [0.05, 0.1) is 6.04 Å². The number of nitrogens with zero attached hydrogens (tertiary/aromatic N) is 5. The van der Waals surface area contributed by atoms with E-state index >= 15 is 0 Å². The first-order chi connectivity index (χ1) is 12.0. The molecule has 7 heteroatoms. The Labute approximate surface area is 149 Å². The lowest BCUT2D eigenvalue weighted by atomic mass is 10.0. The number of carbonyl (C=O) groups is 2. The molecule has 1 aromatic heterocycles. The first-order valence-corrected chi connectivity index (χ1v) is 9.44. The third-order valence-electron chi connectivity index (χ3n) is 5.24. The zero-order chi connectivity index (χ0) is 17.8. The summed E-state index contributed by atoms with van der Waals surface area (Å²) in [5, 5.41) is 4.06. The molecule has 1 saturated carbocycles. The largest absolute Gasteiger partial charge is 0.340 e. The molecule has 3 rings (SSSR count). The van der Waals surface area contributed by atoms with Crippen LogP contribution in [0.25, 0.3) is 0 Å². The molecule has 138 valence electrons. The van der Waals surface area contributed by atoms with Gasteiger partial charge in [0.1, 0.15) is 12.7 Å². The molecule has 0 spiro atoms. The van der Waals surface area contributed by atoms with Gasteiger partial charge < -0.3 is 9.80 Å². The van der Waals surface area contributed by atoms with E-state index in [4.69, 9.17) is 0 Å². The van der Waals surface area contributed by atoms with Gasteiger partial charge in [-0.1, -0.05) is 13.8 Å². The topological polar surface area (TPSA) is 71.3 Å². The summed E-state index contributed by atoms with van der Waals surface area (Å²) in [5.74, 6) is 1.39. The van der Waals surface area contributed by atoms with Crippen LogP contribution in [0.1, 0.15) is 46.0 Å². The van der Waals surface area contributed by atoms with Gasteiger partial charge in [0.25, 0.3) is 0 Å². The Morgan fingerprint density at radius 3 is 2.80 bits per heavy atom. The predicted octanol–water partition coefficient (Wildman–Crippen LogP) is 1.55. The van der Waals surface area contributed by atoms with Crippen molar-refractivity contribution in [2.45, 2.75) is 58.5 Å². The summed E-state index contributed by atoms with van der Waals surface area (Å²) in [6.45, 7) is 7.08. The first kappa shape index (κ1) is 17.9. The molecule has 0 N–H and O–H groups in total. The Morgan fingerprint density at radius 2 is 2.16 bits per heavy atom. The van der Waals surface area contributed by atoms with Gasteiger partial charge in [0.15, 0.2) is 0 Å². The zero-order valence-electron chi connectivity index (χ0n) is 15.3. The Balaban J connectivity index is 1.57. The van der Waals surface area contributed by atoms with Crippen LogP contribution in [0.2, 0.25) is 0 Å². The van der Waals surface area contributed by atoms with Gasteiger partial charge in [-0.15, -0.1) is 0 Å². The standard InChI is InChI=1S/C18H29N5O2/c1-14(2)16-11-21(9-7-18(25)23(16)10-15-5-6-15)17(24)4-3-8-22-13-19-12-20-22/h12-16H,3-11H2,1-2H3. The quantitative estimate of drug-likeness (QED) is 0.750. The van der Waals surface area contributed by atoms with Crippen LogP contribution in [0.15, 0.2) is 12.7 Å². The van der Waals surface area contributed by atoms with Crippen LogP contribution >= 0.6 is 0 Å². The molecule has 1 atom stereocenters. The van der Waals surface area contributed by atoms with E-state index in [1.165, 1.54) is 19.2 Å². The minimum atomic E-state index is 0.134. The van der Waals surface area contributed by atoms with Crippen molar-refractivity contribution < 1.29 is 9.59 Å². The van der Waals surface area contributed by atoms with Crippen LogP contribution in [0.3, 0.4) is 0 Å². The Hall–Kier alpha value is -1.92. The molecule has 0 radical (unpaired) electrons. The summed E-state index contributed by atoms with van der Waals surface area (Å²) in [5.41, 5.74) is 0. The van der Waals surface area contributed by atoms with Crippen molar-refractivity contribution in [1.29, 1.82) is 0 Å². The van der Waals surface area contributed by atoms with Crippen LogP contribution in [0.4, 0.5) is 0 Å². The highest BCUT2D eigenvalue weighted by Gasteiger charge is 2.36. The molecule has 2 aliphatic rings. The van der Waals surface area contributed by atoms with Gasteiger partial charge in [0, 0.05) is 39.0 Å². The lowest BCUT2D eigenvalue weighted by Crippen LogP contribution is -2.48. The smallest absolute Gasteiger partial charge is 0.224 e. The summed E-state index contributed by atoms with van der Waals surface area (Å²) in [4.78, 5) is 33.1. The van der Waals surface area contributed by atoms with Crippen LogP contribution in [0, 0.1) is 11.8 Å². The van der Waals surface area contributed by atoms with Gasteiger partial charge >= 0.3 is 0 Å². The molecule has 1 aliphatic carbocycles. The van der Waals surface area contributed by atoms with Crippen molar-refractivity contribution in [3.05, 3.63) is 12.7 Å². The number of aromatic nitrogens is 3. The van der Waals surface area contributed by atoms with E-state index < -0.39 is 0 Å². The predicted molar refractivity (Wildman–Crippen MR) is 93.5 cm³/mol. The van der Waals surface area contributed by atoms with E-state index in [0.29, 0.717) is 44.3 Å². The lowest BCUT2D eigenvalue weighted by Gasteiger charge is -2.34. The van der Waals surface area contributed by atoms with E-state index in [1.54, 1.807) is 11.0 Å². The number of hydrogen-bond donors (Lipinski definition) is 0. The lowest BCUT2D eigenvalue weighted by molar-refractivity contribution is -0.134. The number of hydrogen-bond acceptors (Lipinski definition) is 4. The van der Waals surface area contributed by atoms with E-state index in [0.717, 1.165) is 13.0 Å². The minimum absolute atomic E-state index is 0.134. The van der Waals surface area contributed by atoms with Crippen molar-refractivity contribution >= 4 is 11.8 Å². The van der Waals surface area contributed by atoms with Crippen molar-refractivity contribution in [3.63, 3.8) is 0 Å². The minimum Gasteiger partial charge on any atom is -0.340 e. The molecular weight excluding hydrogens is 318 g/mol. The van der Waals surface area contributed by atoms with Crippen LogP contribution in [0.5, 0.6) is 0 Å². The van der Waals surface area contributed by atoms with Crippen LogP contribution in [-0.4, -0.2) is 62.1 Å². The second-order valence-electron chi connectivity index (χ2n) is 7.65. The Bertz CT molecular complexity index is 582. The third-order valence-corrected chi connectivity index (χ3v) is 5.24. The summed E-state index contributed by atoms with van der Waals surface area (Å²) >= 11 is 0. The molecular formula is C18H29N5O2. The van der Waals surface area contributed by atoms with E-state index in [1.807, 2.05) is 4.90 Å². The fourth-order valence-electron chi connectivity index (χ4n) is 3.49. The van der Waals surface area contributed by atoms with Crippen LogP contribution < -0.4 is 0 Å². The molecule has 2 fully saturated rings. The Kier molecular flexibility index (Phi) is 5.71. The highest BCUT2D eigenvalue weighted by atomic mass is 16.2. The van der Waals surface area contributed by atoms with E-state index in [-0.39, 0.29) is 17.9 Å². The van der Waals surface area contributed by atoms with Gasteiger partial charge in [-0.2, -0.15) is 5.10 Å². The van der Waals surface area contributed by atoms with E-state index in [2.05, 4.69) is 28.8 Å². The molecule has 2 heterocycles. The maximum absolute atomic E-state index is 12.6. The molecule has 1 unspecified atom stereocenters. The van der Waals surface area contributed by atoms with E-state index in [9.17, 15) is 9.59 Å². The van der Waals surface area contributed by atoms with Crippen molar-refractivity contribution in [2.24, 2.45) is 11.8 Å². The number of amides is 2. The summed E-state index contributed by atoms with van der Waals surface area (Å²) in [6, 6.07) is 0.134. The summed E-state index contributed by atoms with van der Waals surface area (Å²) < 4.78 is 1.74. The van der Waals surface area contributed by atoms with Crippen molar-refractivity contribution in [1.82, 2.24) is 24.6 Å². The molecule has 1 aromatic rings. The van der Waals surface area contributed by atoms with Gasteiger partial charge in [0.2, 0.25) is 11.8 Å². The average molecular weight is 347 g/mol. The average Bonchev–Trinajstić information content (AvgIpc) is 3.29. The van der Waals surface area contributed by atoms with Crippen molar-refractivity contribution in [3.8, 4) is 0 Å². The van der Waals surface area contributed by atoms with Gasteiger partial charge in [-0.05, 0) is 31.1 Å². The maximum atomic E-state index is 12.6. The third kappa shape index (κ3) is 4.80. The maximum Gasteiger partial charge on any atom is 0.224 e. The van der Waals surface area contributed by atoms with Crippen LogP contribution in [-0.2, 0) is 16.1 Å². The highest BCUT2D eigenvalue weighted by molar-refractivity contribution is 5.80. The molecule has 1 aliphatic heterocycles. The summed E-state index contributed by atoms with van der Waals surface area (Å²) in [6.07, 6.45) is 7.32. The molecule has 0 bridgehead atoms. The molecule has 0 aromatic carbocycles. The fraction of sp³-hybridized carbons (Fsp3) is 0.778. The molecule has 7 nitrogen and oxygen atoms in total. The fourth-order valence-corrected chi connectivity index (χ4v) is 3.49. The number of rotatable bonds is 7. The molecule has 2 amide bonds. The first-order valence-electron chi connectivity index (χ1n) is 9.44. The molecule has 1 saturated heterocycles. The molecule has 25 heavy (non-hydrogen) atoms. The highest BCUT2D eigenvalue weighted by Crippen LogP contribution is 2.32. The van der Waals surface area contributed by atoms with Gasteiger partial charge in [-0.3, -0.25) is 14.3 Å². The number of aryl methyl sites for hydroxylation is 1. The second-order valence-corrected chi connectivity index (χ2v) is 7.65. The SMILES string of the molecule is CC(C)C1CN(C(=O)CCCn2cncn2)CCC(=O)N1CC1CC1. The second kappa shape index (κ2) is 7.97. The summed E-state index contributed by atoms with van der Waals surface area (Å²) in [7, 11) is 0. The zero-order valence-corrected chi connectivity index (χ0v) is 15.3. The number of carbonyl (C=O) groups excluding carboxylic acids is 2. The monoisotopic (exact) mass is 347 g/mol. The van der Waals surface area contributed by atoms with Gasteiger partial charge in [-0.25, -0.2) is 4.98 Å². The van der Waals surface area contributed by atoms with Crippen molar-refractivity contribution in [2.75, 3.05) is 19.6 Å². The normalized spacial score (nSPS) is 21.7.